The smallest absolute Gasteiger partial charge is 0.227 e. The molecule has 3 heteroatoms. The largest absolute Gasteiger partial charge is 0.388 e. The molecule has 3 nitrogen and oxygen atoms in total. The van der Waals surface area contributed by atoms with Crippen LogP contribution >= 0.6 is 0 Å². The maximum absolute atomic E-state index is 11.5. The first-order chi connectivity index (χ1) is 6.83. The molecule has 1 aromatic rings. The van der Waals surface area contributed by atoms with Crippen molar-refractivity contribution in [2.75, 3.05) is 18.9 Å². The molecule has 74 valence electrons. The summed E-state index contributed by atoms with van der Waals surface area (Å²) in [6.07, 6.45) is 0.900. The van der Waals surface area contributed by atoms with Gasteiger partial charge in [0.1, 0.15) is 0 Å². The summed E-state index contributed by atoms with van der Waals surface area (Å²) >= 11 is 0. The van der Waals surface area contributed by atoms with Crippen LogP contribution in [0.2, 0.25) is 0 Å². The number of anilines is 1. The van der Waals surface area contributed by atoms with Gasteiger partial charge >= 0.3 is 0 Å². The van der Waals surface area contributed by atoms with Gasteiger partial charge in [0.15, 0.2) is 0 Å². The van der Waals surface area contributed by atoms with Crippen LogP contribution < -0.4 is 10.6 Å². The number of rotatable bonds is 2. The normalized spacial score (nSPS) is 20.6. The molecule has 1 atom stereocenters. The predicted molar refractivity (Wildman–Crippen MR) is 56.4 cm³/mol. The minimum atomic E-state index is 0.0265. The predicted octanol–water partition coefficient (Wildman–Crippen LogP) is 1.33. The Morgan fingerprint density at radius 2 is 2.21 bits per heavy atom. The lowest BCUT2D eigenvalue weighted by Crippen LogP contribution is -2.18. The molecule has 0 radical (unpaired) electrons. The zero-order valence-electron chi connectivity index (χ0n) is 8.21. The van der Waals surface area contributed by atoms with E-state index in [-0.39, 0.29) is 11.8 Å². The van der Waals surface area contributed by atoms with Crippen molar-refractivity contribution in [1.82, 2.24) is 5.32 Å². The van der Waals surface area contributed by atoms with E-state index in [1.54, 1.807) is 0 Å². The Morgan fingerprint density at radius 3 is 2.86 bits per heavy atom. The first-order valence-corrected chi connectivity index (χ1v) is 4.87. The van der Waals surface area contributed by atoms with Crippen molar-refractivity contribution in [3.05, 3.63) is 29.8 Å². The van der Waals surface area contributed by atoms with Crippen molar-refractivity contribution >= 4 is 11.6 Å². The third-order valence-corrected chi connectivity index (χ3v) is 2.65. The monoisotopic (exact) mass is 190 g/mol. The van der Waals surface area contributed by atoms with Gasteiger partial charge in [-0.1, -0.05) is 18.2 Å². The third kappa shape index (κ3) is 1.45. The minimum Gasteiger partial charge on any atom is -0.388 e. The van der Waals surface area contributed by atoms with Crippen molar-refractivity contribution < 1.29 is 4.79 Å². The molecule has 1 aliphatic rings. The van der Waals surface area contributed by atoms with Crippen LogP contribution in [0, 0.1) is 0 Å². The second-order valence-electron chi connectivity index (χ2n) is 3.47. The summed E-state index contributed by atoms with van der Waals surface area (Å²) in [7, 11) is 1.88. The van der Waals surface area contributed by atoms with Crippen LogP contribution in [0.4, 0.5) is 5.69 Å². The summed E-state index contributed by atoms with van der Waals surface area (Å²) in [5.41, 5.74) is 2.15. The number of carbonyl (C=O) groups excluding carboxylic acids is 1. The van der Waals surface area contributed by atoms with Gasteiger partial charge in [0.05, 0.1) is 5.92 Å². The van der Waals surface area contributed by atoms with E-state index in [9.17, 15) is 4.79 Å². The van der Waals surface area contributed by atoms with Gasteiger partial charge in [-0.2, -0.15) is 0 Å². The zero-order valence-corrected chi connectivity index (χ0v) is 8.21. The van der Waals surface area contributed by atoms with Crippen LogP contribution in [0.15, 0.2) is 24.3 Å². The van der Waals surface area contributed by atoms with Gasteiger partial charge in [-0.25, -0.2) is 0 Å². The number of amides is 1. The molecule has 14 heavy (non-hydrogen) atoms. The van der Waals surface area contributed by atoms with Crippen LogP contribution in [0.25, 0.3) is 0 Å². The van der Waals surface area contributed by atoms with Crippen LogP contribution in [0.3, 0.4) is 0 Å². The first-order valence-electron chi connectivity index (χ1n) is 4.87. The average molecular weight is 190 g/mol. The second-order valence-corrected chi connectivity index (χ2v) is 3.47. The fraction of sp³-hybridized carbons (Fsp3) is 0.364. The Kier molecular flexibility index (Phi) is 2.39. The average Bonchev–Trinajstić information content (AvgIpc) is 2.64. The molecule has 0 saturated carbocycles. The number of para-hydroxylation sites is 1. The number of hydrogen-bond donors (Lipinski definition) is 2. The van der Waals surface area contributed by atoms with E-state index in [1.165, 1.54) is 0 Å². The van der Waals surface area contributed by atoms with Crippen LogP contribution in [0.1, 0.15) is 17.9 Å². The van der Waals surface area contributed by atoms with Crippen molar-refractivity contribution in [2.24, 2.45) is 0 Å². The Hall–Kier alpha value is -1.51. The molecule has 1 aliphatic heterocycles. The third-order valence-electron chi connectivity index (χ3n) is 2.65. The van der Waals surface area contributed by atoms with Gasteiger partial charge in [0.25, 0.3) is 0 Å². The quantitative estimate of drug-likeness (QED) is 0.738. The summed E-state index contributed by atoms with van der Waals surface area (Å²) in [5, 5.41) is 5.97. The maximum atomic E-state index is 11.5. The maximum Gasteiger partial charge on any atom is 0.227 e. The van der Waals surface area contributed by atoms with Gasteiger partial charge in [-0.3, -0.25) is 4.79 Å². The van der Waals surface area contributed by atoms with Gasteiger partial charge in [-0.05, 0) is 18.1 Å². The lowest BCUT2D eigenvalue weighted by atomic mass is 9.96. The number of hydrogen-bond acceptors (Lipinski definition) is 2. The number of nitrogens with one attached hydrogen (secondary N) is 2. The van der Waals surface area contributed by atoms with E-state index in [2.05, 4.69) is 10.6 Å². The number of benzene rings is 1. The van der Waals surface area contributed by atoms with Crippen molar-refractivity contribution in [3.8, 4) is 0 Å². The highest BCUT2D eigenvalue weighted by atomic mass is 16.2. The molecule has 1 amide bonds. The molecule has 0 spiro atoms. The van der Waals surface area contributed by atoms with Crippen LogP contribution in [0.5, 0.6) is 0 Å². The van der Waals surface area contributed by atoms with E-state index in [0.717, 1.165) is 24.2 Å². The SMILES string of the molecule is CNc1ccccc1C1CCNC1=O. The fourth-order valence-electron chi connectivity index (χ4n) is 1.92. The Balaban J connectivity index is 2.35. The molecule has 0 aromatic heterocycles. The summed E-state index contributed by atoms with van der Waals surface area (Å²) in [6.45, 7) is 0.793. The van der Waals surface area contributed by atoms with E-state index in [1.807, 2.05) is 31.3 Å². The Labute approximate surface area is 83.5 Å². The molecule has 1 unspecified atom stereocenters. The highest BCUT2D eigenvalue weighted by Gasteiger charge is 2.27. The van der Waals surface area contributed by atoms with Gasteiger partial charge in [0.2, 0.25) is 5.91 Å². The fourth-order valence-corrected chi connectivity index (χ4v) is 1.92. The summed E-state index contributed by atoms with van der Waals surface area (Å²) in [5.74, 6) is 0.173. The standard InChI is InChI=1S/C11H14N2O/c1-12-10-5-3-2-4-8(10)9-6-7-13-11(9)14/h2-5,9,12H,6-7H2,1H3,(H,13,14). The topological polar surface area (TPSA) is 41.1 Å². The van der Waals surface area contributed by atoms with E-state index in [4.69, 9.17) is 0 Å². The summed E-state index contributed by atoms with van der Waals surface area (Å²) in [6, 6.07) is 7.96. The zero-order chi connectivity index (χ0) is 9.97. The van der Waals surface area contributed by atoms with Crippen LogP contribution in [-0.2, 0) is 4.79 Å². The molecular weight excluding hydrogens is 176 g/mol. The van der Waals surface area contributed by atoms with E-state index < -0.39 is 0 Å². The molecule has 2 rings (SSSR count). The van der Waals surface area contributed by atoms with E-state index >= 15 is 0 Å². The molecule has 1 heterocycles. The van der Waals surface area contributed by atoms with Gasteiger partial charge < -0.3 is 10.6 Å². The molecule has 1 saturated heterocycles. The Morgan fingerprint density at radius 1 is 1.43 bits per heavy atom. The molecule has 2 N–H and O–H groups in total. The Bertz CT molecular complexity index is 349. The molecule has 1 aromatic carbocycles. The highest BCUT2D eigenvalue weighted by molar-refractivity contribution is 5.87. The molecule has 0 aliphatic carbocycles. The van der Waals surface area contributed by atoms with Gasteiger partial charge in [0, 0.05) is 19.3 Å². The lowest BCUT2D eigenvalue weighted by molar-refractivity contribution is -0.120. The summed E-state index contributed by atoms with van der Waals surface area (Å²) in [4.78, 5) is 11.5. The summed E-state index contributed by atoms with van der Waals surface area (Å²) < 4.78 is 0. The van der Waals surface area contributed by atoms with Crippen molar-refractivity contribution in [1.29, 1.82) is 0 Å². The highest BCUT2D eigenvalue weighted by Crippen LogP contribution is 2.29. The molecular formula is C11H14N2O. The second kappa shape index (κ2) is 3.70. The lowest BCUT2D eigenvalue weighted by Gasteiger charge is -2.12. The van der Waals surface area contributed by atoms with Crippen molar-refractivity contribution in [2.45, 2.75) is 12.3 Å². The molecule has 0 bridgehead atoms. The van der Waals surface area contributed by atoms with Gasteiger partial charge in [-0.15, -0.1) is 0 Å². The number of carbonyl (C=O) groups is 1. The minimum absolute atomic E-state index is 0.0265. The first kappa shape index (κ1) is 9.06. The van der Waals surface area contributed by atoms with Crippen molar-refractivity contribution in [3.63, 3.8) is 0 Å². The van der Waals surface area contributed by atoms with E-state index in [0.29, 0.717) is 0 Å². The molecule has 1 fully saturated rings. The van der Waals surface area contributed by atoms with Crippen LogP contribution in [-0.4, -0.2) is 19.5 Å².